The third-order valence-electron chi connectivity index (χ3n) is 2.74. The number of aryl methyl sites for hydroxylation is 1. The molecule has 2 nitrogen and oxygen atoms in total. The second-order valence-corrected chi connectivity index (χ2v) is 5.23. The Bertz CT molecular complexity index is 596. The van der Waals surface area contributed by atoms with Gasteiger partial charge in [-0.15, -0.1) is 0 Å². The first-order chi connectivity index (χ1) is 9.04. The summed E-state index contributed by atoms with van der Waals surface area (Å²) in [7, 11) is 0. The van der Waals surface area contributed by atoms with Crippen LogP contribution in [0.5, 0.6) is 0 Å². The van der Waals surface area contributed by atoms with E-state index in [1.54, 1.807) is 12.1 Å². The molecule has 0 radical (unpaired) electrons. The maximum Gasteiger partial charge on any atom is 0.228 e. The van der Waals surface area contributed by atoms with Gasteiger partial charge >= 0.3 is 0 Å². The smallest absolute Gasteiger partial charge is 0.228 e. The van der Waals surface area contributed by atoms with Gasteiger partial charge in [-0.05, 0) is 48.4 Å². The van der Waals surface area contributed by atoms with E-state index in [-0.39, 0.29) is 18.1 Å². The zero-order valence-electron chi connectivity index (χ0n) is 10.4. The first kappa shape index (κ1) is 13.7. The molecule has 0 aliphatic carbocycles. The minimum atomic E-state index is -0.298. The van der Waals surface area contributed by atoms with Gasteiger partial charge in [-0.2, -0.15) is 0 Å². The molecular formula is C15H13BrFNO. The van der Waals surface area contributed by atoms with E-state index in [0.717, 1.165) is 21.3 Å². The van der Waals surface area contributed by atoms with Gasteiger partial charge in [0.15, 0.2) is 0 Å². The number of hydrogen-bond donors (Lipinski definition) is 1. The predicted molar refractivity (Wildman–Crippen MR) is 77.6 cm³/mol. The van der Waals surface area contributed by atoms with Crippen molar-refractivity contribution in [3.8, 4) is 0 Å². The second kappa shape index (κ2) is 5.97. The maximum absolute atomic E-state index is 12.8. The van der Waals surface area contributed by atoms with Gasteiger partial charge in [-0.3, -0.25) is 4.79 Å². The van der Waals surface area contributed by atoms with Crippen molar-refractivity contribution < 1.29 is 9.18 Å². The molecule has 0 atom stereocenters. The molecule has 2 rings (SSSR count). The fourth-order valence-corrected chi connectivity index (χ4v) is 2.22. The molecule has 0 aromatic heterocycles. The Morgan fingerprint density at radius 2 is 1.89 bits per heavy atom. The van der Waals surface area contributed by atoms with Crippen molar-refractivity contribution >= 4 is 27.5 Å². The van der Waals surface area contributed by atoms with E-state index in [1.165, 1.54) is 12.1 Å². The second-order valence-electron chi connectivity index (χ2n) is 4.31. The first-order valence-electron chi connectivity index (χ1n) is 5.85. The van der Waals surface area contributed by atoms with E-state index in [1.807, 2.05) is 25.1 Å². The summed E-state index contributed by atoms with van der Waals surface area (Å²) in [5.74, 6) is -0.412. The highest BCUT2D eigenvalue weighted by atomic mass is 79.9. The summed E-state index contributed by atoms with van der Waals surface area (Å²) >= 11 is 3.37. The molecular weight excluding hydrogens is 309 g/mol. The van der Waals surface area contributed by atoms with Crippen molar-refractivity contribution in [1.82, 2.24) is 0 Å². The van der Waals surface area contributed by atoms with Crippen LogP contribution in [0.4, 0.5) is 10.1 Å². The molecule has 98 valence electrons. The molecule has 1 N–H and O–H groups in total. The molecule has 0 unspecified atom stereocenters. The fourth-order valence-electron chi connectivity index (χ4n) is 1.75. The molecule has 0 heterocycles. The molecule has 0 fully saturated rings. The summed E-state index contributed by atoms with van der Waals surface area (Å²) in [4.78, 5) is 11.9. The third kappa shape index (κ3) is 3.89. The van der Waals surface area contributed by atoms with Crippen LogP contribution < -0.4 is 5.32 Å². The number of hydrogen-bond acceptors (Lipinski definition) is 1. The monoisotopic (exact) mass is 321 g/mol. The summed E-state index contributed by atoms with van der Waals surface area (Å²) in [6, 6.07) is 11.6. The summed E-state index contributed by atoms with van der Waals surface area (Å²) in [6.07, 6.45) is 0.232. The lowest BCUT2D eigenvalue weighted by Crippen LogP contribution is -2.15. The zero-order valence-corrected chi connectivity index (χ0v) is 12.0. The molecule has 19 heavy (non-hydrogen) atoms. The van der Waals surface area contributed by atoms with Crippen LogP contribution >= 0.6 is 15.9 Å². The van der Waals surface area contributed by atoms with Crippen molar-refractivity contribution in [2.75, 3.05) is 5.32 Å². The van der Waals surface area contributed by atoms with Crippen molar-refractivity contribution in [1.29, 1.82) is 0 Å². The summed E-state index contributed by atoms with van der Waals surface area (Å²) in [5, 5.41) is 2.85. The summed E-state index contributed by atoms with van der Waals surface area (Å²) in [6.45, 7) is 1.93. The topological polar surface area (TPSA) is 29.1 Å². The van der Waals surface area contributed by atoms with Crippen LogP contribution in [0.1, 0.15) is 11.1 Å². The number of nitrogens with one attached hydrogen (secondary N) is 1. The Labute approximate surface area is 119 Å². The molecule has 4 heteroatoms. The fraction of sp³-hybridized carbons (Fsp3) is 0.133. The first-order valence-corrected chi connectivity index (χ1v) is 6.64. The molecule has 0 aliphatic rings. The number of anilines is 1. The van der Waals surface area contributed by atoms with Gasteiger partial charge in [-0.1, -0.05) is 28.1 Å². The SMILES string of the molecule is Cc1cc(Br)ccc1NC(=O)Cc1ccc(F)cc1. The molecule has 0 aliphatic heterocycles. The van der Waals surface area contributed by atoms with Crippen LogP contribution in [0, 0.1) is 12.7 Å². The average Bonchev–Trinajstić information content (AvgIpc) is 2.36. The van der Waals surface area contributed by atoms with Crippen LogP contribution in [-0.4, -0.2) is 5.91 Å². The summed E-state index contributed by atoms with van der Waals surface area (Å²) in [5.41, 5.74) is 2.56. The van der Waals surface area contributed by atoms with Gasteiger partial charge in [0, 0.05) is 10.2 Å². The Hall–Kier alpha value is -1.68. The van der Waals surface area contributed by atoms with E-state index in [0.29, 0.717) is 0 Å². The van der Waals surface area contributed by atoms with E-state index in [4.69, 9.17) is 0 Å². The number of amides is 1. The lowest BCUT2D eigenvalue weighted by molar-refractivity contribution is -0.115. The van der Waals surface area contributed by atoms with E-state index >= 15 is 0 Å². The van der Waals surface area contributed by atoms with E-state index in [2.05, 4.69) is 21.2 Å². The number of carbonyl (C=O) groups excluding carboxylic acids is 1. The standard InChI is InChI=1S/C15H13BrFNO/c1-10-8-12(16)4-7-14(10)18-15(19)9-11-2-5-13(17)6-3-11/h2-8H,9H2,1H3,(H,18,19). The number of rotatable bonds is 3. The molecule has 1 amide bonds. The minimum absolute atomic E-state index is 0.114. The maximum atomic E-state index is 12.8. The van der Waals surface area contributed by atoms with Crippen LogP contribution in [0.3, 0.4) is 0 Å². The van der Waals surface area contributed by atoms with Crippen molar-refractivity contribution in [2.24, 2.45) is 0 Å². The van der Waals surface area contributed by atoms with Crippen LogP contribution in [0.15, 0.2) is 46.9 Å². The molecule has 0 bridgehead atoms. The minimum Gasteiger partial charge on any atom is -0.326 e. The lowest BCUT2D eigenvalue weighted by atomic mass is 10.1. The quantitative estimate of drug-likeness (QED) is 0.906. The van der Waals surface area contributed by atoms with Crippen LogP contribution in [0.2, 0.25) is 0 Å². The van der Waals surface area contributed by atoms with Gasteiger partial charge in [0.2, 0.25) is 5.91 Å². The molecule has 2 aromatic carbocycles. The highest BCUT2D eigenvalue weighted by Crippen LogP contribution is 2.20. The molecule has 0 spiro atoms. The van der Waals surface area contributed by atoms with Gasteiger partial charge in [0.25, 0.3) is 0 Å². The Morgan fingerprint density at radius 3 is 2.53 bits per heavy atom. The Morgan fingerprint density at radius 1 is 1.21 bits per heavy atom. The Kier molecular flexibility index (Phi) is 4.32. The van der Waals surface area contributed by atoms with Crippen molar-refractivity contribution in [3.05, 3.63) is 63.9 Å². The predicted octanol–water partition coefficient (Wildman–Crippen LogP) is 4.08. The molecule has 0 saturated heterocycles. The zero-order chi connectivity index (χ0) is 13.8. The van der Waals surface area contributed by atoms with Crippen LogP contribution in [-0.2, 0) is 11.2 Å². The largest absolute Gasteiger partial charge is 0.326 e. The normalized spacial score (nSPS) is 10.3. The highest BCUT2D eigenvalue weighted by molar-refractivity contribution is 9.10. The Balaban J connectivity index is 2.03. The average molecular weight is 322 g/mol. The number of benzene rings is 2. The summed E-state index contributed by atoms with van der Waals surface area (Å²) < 4.78 is 13.7. The van der Waals surface area contributed by atoms with Gasteiger partial charge in [-0.25, -0.2) is 4.39 Å². The van der Waals surface area contributed by atoms with Crippen LogP contribution in [0.25, 0.3) is 0 Å². The highest BCUT2D eigenvalue weighted by Gasteiger charge is 2.06. The number of halogens is 2. The van der Waals surface area contributed by atoms with Gasteiger partial charge in [0.05, 0.1) is 6.42 Å². The third-order valence-corrected chi connectivity index (χ3v) is 3.23. The van der Waals surface area contributed by atoms with Crippen molar-refractivity contribution in [3.63, 3.8) is 0 Å². The van der Waals surface area contributed by atoms with Gasteiger partial charge < -0.3 is 5.32 Å². The van der Waals surface area contributed by atoms with Gasteiger partial charge in [0.1, 0.15) is 5.82 Å². The van der Waals surface area contributed by atoms with E-state index < -0.39 is 0 Å². The van der Waals surface area contributed by atoms with Crippen molar-refractivity contribution in [2.45, 2.75) is 13.3 Å². The van der Waals surface area contributed by atoms with E-state index in [9.17, 15) is 9.18 Å². The molecule has 0 saturated carbocycles. The molecule has 2 aromatic rings. The lowest BCUT2D eigenvalue weighted by Gasteiger charge is -2.08. The number of carbonyl (C=O) groups is 1.